The van der Waals surface area contributed by atoms with Crippen molar-refractivity contribution in [3.05, 3.63) is 18.5 Å². The molecule has 1 amide bonds. The number of nitrogens with zero attached hydrogens (tertiary/aromatic N) is 3. The lowest BCUT2D eigenvalue weighted by molar-refractivity contribution is -0.135. The second kappa shape index (κ2) is 10.4. The van der Waals surface area contributed by atoms with Gasteiger partial charge < -0.3 is 10.6 Å². The molecule has 0 radical (unpaired) electrons. The van der Waals surface area contributed by atoms with Gasteiger partial charge in [0.2, 0.25) is 5.91 Å². The summed E-state index contributed by atoms with van der Waals surface area (Å²) in [5.41, 5.74) is 6.12. The summed E-state index contributed by atoms with van der Waals surface area (Å²) in [5, 5.41) is 4.28. The maximum absolute atomic E-state index is 12.7. The highest BCUT2D eigenvalue weighted by Gasteiger charge is 2.35. The van der Waals surface area contributed by atoms with Crippen LogP contribution in [-0.2, 0) is 11.3 Å². The Labute approximate surface area is 163 Å². The summed E-state index contributed by atoms with van der Waals surface area (Å²) in [6.45, 7) is 3.42. The van der Waals surface area contributed by atoms with E-state index in [0.717, 1.165) is 45.3 Å². The van der Waals surface area contributed by atoms with Gasteiger partial charge in [0.15, 0.2) is 0 Å². The molecule has 1 saturated carbocycles. The van der Waals surface area contributed by atoms with Crippen molar-refractivity contribution >= 4 is 30.7 Å². The molecule has 0 aromatic carbocycles. The molecule has 5 nitrogen and oxygen atoms in total. The lowest BCUT2D eigenvalue weighted by Crippen LogP contribution is -2.44. The summed E-state index contributed by atoms with van der Waals surface area (Å²) in [6, 6.07) is 1.97. The molecule has 0 unspecified atom stereocenters. The van der Waals surface area contributed by atoms with Crippen LogP contribution in [0.25, 0.3) is 0 Å². The minimum atomic E-state index is 0. The number of rotatable bonds is 5. The van der Waals surface area contributed by atoms with Crippen LogP contribution in [0.4, 0.5) is 0 Å². The van der Waals surface area contributed by atoms with Crippen LogP contribution in [-0.4, -0.2) is 40.2 Å². The topological polar surface area (TPSA) is 64.2 Å². The third kappa shape index (κ3) is 5.87. The molecule has 1 saturated heterocycles. The Morgan fingerprint density at radius 2 is 1.84 bits per heavy atom. The van der Waals surface area contributed by atoms with Crippen molar-refractivity contribution < 1.29 is 4.79 Å². The van der Waals surface area contributed by atoms with Crippen molar-refractivity contribution in [3.8, 4) is 0 Å². The van der Waals surface area contributed by atoms with Crippen molar-refractivity contribution in [3.63, 3.8) is 0 Å². The number of carbonyl (C=O) groups excluding carboxylic acids is 1. The quantitative estimate of drug-likeness (QED) is 0.838. The van der Waals surface area contributed by atoms with Crippen LogP contribution in [0, 0.1) is 11.3 Å². The van der Waals surface area contributed by atoms with Gasteiger partial charge >= 0.3 is 0 Å². The summed E-state index contributed by atoms with van der Waals surface area (Å²) < 4.78 is 2.01. The molecule has 1 aromatic heterocycles. The predicted molar refractivity (Wildman–Crippen MR) is 105 cm³/mol. The molecule has 1 aliphatic carbocycles. The number of piperidine rings is 1. The van der Waals surface area contributed by atoms with Gasteiger partial charge in [0.05, 0.1) is 0 Å². The first-order valence-electron chi connectivity index (χ1n) is 9.16. The van der Waals surface area contributed by atoms with Crippen molar-refractivity contribution in [1.82, 2.24) is 14.7 Å². The number of carbonyl (C=O) groups is 1. The number of hydrogen-bond donors (Lipinski definition) is 1. The zero-order valence-corrected chi connectivity index (χ0v) is 16.6. The Kier molecular flexibility index (Phi) is 9.25. The second-order valence-electron chi connectivity index (χ2n) is 7.49. The first kappa shape index (κ1) is 22.3. The fourth-order valence-electron chi connectivity index (χ4n) is 4.23. The van der Waals surface area contributed by atoms with Crippen LogP contribution >= 0.6 is 24.8 Å². The van der Waals surface area contributed by atoms with Crippen molar-refractivity contribution in [1.29, 1.82) is 0 Å². The molecule has 2 aliphatic rings. The Hall–Kier alpha value is -0.780. The Bertz CT molecular complexity index is 495. The molecule has 3 rings (SSSR count). The van der Waals surface area contributed by atoms with E-state index < -0.39 is 0 Å². The number of aromatic nitrogens is 2. The standard InChI is InChI=1S/C18H30N4O.2ClH/c19-15-18(7-2-1-3-8-18)13-17(23)21-11-5-16(6-12-21)14-22-10-4-9-20-22;;/h4,9-10,16H,1-3,5-8,11-15,19H2;2*1H. The number of hydrogen-bond acceptors (Lipinski definition) is 3. The second-order valence-corrected chi connectivity index (χ2v) is 7.49. The van der Waals surface area contributed by atoms with Crippen molar-refractivity contribution in [2.24, 2.45) is 17.1 Å². The van der Waals surface area contributed by atoms with Gasteiger partial charge in [-0.2, -0.15) is 5.10 Å². The van der Waals surface area contributed by atoms with Crippen LogP contribution < -0.4 is 5.73 Å². The minimum absolute atomic E-state index is 0. The molecule has 0 spiro atoms. The largest absolute Gasteiger partial charge is 0.343 e. The summed E-state index contributed by atoms with van der Waals surface area (Å²) in [5.74, 6) is 0.965. The smallest absolute Gasteiger partial charge is 0.223 e. The molecule has 1 aromatic rings. The zero-order valence-electron chi connectivity index (χ0n) is 14.9. The van der Waals surface area contributed by atoms with Gasteiger partial charge in [-0.15, -0.1) is 24.8 Å². The van der Waals surface area contributed by atoms with E-state index in [0.29, 0.717) is 24.8 Å². The predicted octanol–water partition coefficient (Wildman–Crippen LogP) is 3.26. The van der Waals surface area contributed by atoms with E-state index in [1.54, 1.807) is 0 Å². The number of amides is 1. The average Bonchev–Trinajstić information content (AvgIpc) is 3.09. The van der Waals surface area contributed by atoms with E-state index in [4.69, 9.17) is 5.73 Å². The van der Waals surface area contributed by atoms with E-state index in [1.807, 2.05) is 23.1 Å². The van der Waals surface area contributed by atoms with Crippen molar-refractivity contribution in [2.45, 2.75) is 57.9 Å². The van der Waals surface area contributed by atoms with Gasteiger partial charge in [-0.1, -0.05) is 19.3 Å². The monoisotopic (exact) mass is 390 g/mol. The summed E-state index contributed by atoms with van der Waals surface area (Å²) in [4.78, 5) is 14.8. The molecule has 25 heavy (non-hydrogen) atoms. The molecule has 2 heterocycles. The molecular weight excluding hydrogens is 359 g/mol. The van der Waals surface area contributed by atoms with E-state index in [9.17, 15) is 4.79 Å². The van der Waals surface area contributed by atoms with Gasteiger partial charge in [0.1, 0.15) is 0 Å². The first-order valence-corrected chi connectivity index (χ1v) is 9.16. The third-order valence-electron chi connectivity index (χ3n) is 5.85. The number of likely N-dealkylation sites (tertiary alicyclic amines) is 1. The van der Waals surface area contributed by atoms with E-state index in [-0.39, 0.29) is 30.2 Å². The van der Waals surface area contributed by atoms with Gasteiger partial charge in [-0.25, -0.2) is 0 Å². The highest BCUT2D eigenvalue weighted by Crippen LogP contribution is 2.39. The number of halogens is 2. The molecular formula is C18H32Cl2N4O. The van der Waals surface area contributed by atoms with E-state index in [1.165, 1.54) is 19.3 Å². The summed E-state index contributed by atoms with van der Waals surface area (Å²) in [7, 11) is 0. The summed E-state index contributed by atoms with van der Waals surface area (Å²) in [6.07, 6.45) is 12.7. The molecule has 2 N–H and O–H groups in total. The normalized spacial score (nSPS) is 20.4. The van der Waals surface area contributed by atoms with Crippen molar-refractivity contribution in [2.75, 3.05) is 19.6 Å². The van der Waals surface area contributed by atoms with Gasteiger partial charge in [-0.3, -0.25) is 9.48 Å². The van der Waals surface area contributed by atoms with Crippen LogP contribution in [0.1, 0.15) is 51.4 Å². The highest BCUT2D eigenvalue weighted by molar-refractivity contribution is 5.85. The maximum Gasteiger partial charge on any atom is 0.223 e. The average molecular weight is 391 g/mol. The van der Waals surface area contributed by atoms with Crippen LogP contribution in [0.15, 0.2) is 18.5 Å². The highest BCUT2D eigenvalue weighted by atomic mass is 35.5. The zero-order chi connectivity index (χ0) is 16.1. The molecule has 1 aliphatic heterocycles. The van der Waals surface area contributed by atoms with Gasteiger partial charge in [0.25, 0.3) is 0 Å². The van der Waals surface area contributed by atoms with Crippen LogP contribution in [0.2, 0.25) is 0 Å². The summed E-state index contributed by atoms with van der Waals surface area (Å²) >= 11 is 0. The number of nitrogens with two attached hydrogens (primary N) is 1. The molecule has 144 valence electrons. The molecule has 2 fully saturated rings. The Morgan fingerprint density at radius 3 is 2.40 bits per heavy atom. The SMILES string of the molecule is Cl.Cl.NCC1(CC(=O)N2CCC(Cn3cccn3)CC2)CCCCC1. The molecule has 7 heteroatoms. The Morgan fingerprint density at radius 1 is 1.16 bits per heavy atom. The third-order valence-corrected chi connectivity index (χ3v) is 5.85. The Balaban J connectivity index is 0.00000156. The van der Waals surface area contributed by atoms with Crippen LogP contribution in [0.3, 0.4) is 0 Å². The fourth-order valence-corrected chi connectivity index (χ4v) is 4.23. The van der Waals surface area contributed by atoms with Gasteiger partial charge in [-0.05, 0) is 49.6 Å². The molecule has 0 bridgehead atoms. The van der Waals surface area contributed by atoms with Gasteiger partial charge in [0, 0.05) is 38.4 Å². The van der Waals surface area contributed by atoms with E-state index >= 15 is 0 Å². The fraction of sp³-hybridized carbons (Fsp3) is 0.778. The lowest BCUT2D eigenvalue weighted by Gasteiger charge is -2.39. The lowest BCUT2D eigenvalue weighted by atomic mass is 9.71. The minimum Gasteiger partial charge on any atom is -0.343 e. The van der Waals surface area contributed by atoms with E-state index in [2.05, 4.69) is 10.00 Å². The van der Waals surface area contributed by atoms with Crippen LogP contribution in [0.5, 0.6) is 0 Å². The first-order chi connectivity index (χ1) is 11.2. The molecule has 0 atom stereocenters. The maximum atomic E-state index is 12.7.